The second-order valence-electron chi connectivity index (χ2n) is 5.56. The lowest BCUT2D eigenvalue weighted by Crippen LogP contribution is -2.22. The van der Waals surface area contributed by atoms with Gasteiger partial charge in [-0.3, -0.25) is 0 Å². The van der Waals surface area contributed by atoms with Gasteiger partial charge in [0.1, 0.15) is 0 Å². The van der Waals surface area contributed by atoms with Crippen LogP contribution in [0.2, 0.25) is 0 Å². The molecule has 0 unspecified atom stereocenters. The molecule has 0 atom stereocenters. The van der Waals surface area contributed by atoms with E-state index in [0.29, 0.717) is 24.2 Å². The molecule has 0 radical (unpaired) electrons. The van der Waals surface area contributed by atoms with E-state index in [1.165, 1.54) is 0 Å². The zero-order chi connectivity index (χ0) is 17.6. The van der Waals surface area contributed by atoms with Crippen LogP contribution in [0.1, 0.15) is 73.1 Å². The lowest BCUT2D eigenvalue weighted by molar-refractivity contribution is 0.0238. The maximum absolute atomic E-state index is 11.8. The number of carbonyl (C=O) groups excluding carboxylic acids is 2. The van der Waals surface area contributed by atoms with Gasteiger partial charge in [-0.2, -0.15) is 11.0 Å². The third kappa shape index (κ3) is 8.08. The summed E-state index contributed by atoms with van der Waals surface area (Å²) < 4.78 is 0. The SMILES string of the molecule is CCCCCNOC(=O)c1ccc(C(=O)ONCCCCC)cc1. The Morgan fingerprint density at radius 3 is 1.46 bits per heavy atom. The van der Waals surface area contributed by atoms with Crippen LogP contribution in [0.5, 0.6) is 0 Å². The Balaban J connectivity index is 2.33. The van der Waals surface area contributed by atoms with Crippen LogP contribution in [0.4, 0.5) is 0 Å². The van der Waals surface area contributed by atoms with Crippen LogP contribution in [0.3, 0.4) is 0 Å². The van der Waals surface area contributed by atoms with E-state index >= 15 is 0 Å². The molecule has 1 aromatic carbocycles. The maximum Gasteiger partial charge on any atom is 0.356 e. The Bertz CT molecular complexity index is 443. The Hall–Kier alpha value is -1.92. The number of rotatable bonds is 12. The Labute approximate surface area is 143 Å². The molecule has 24 heavy (non-hydrogen) atoms. The molecule has 6 nitrogen and oxygen atoms in total. The highest BCUT2D eigenvalue weighted by atomic mass is 16.7. The van der Waals surface area contributed by atoms with Gasteiger partial charge in [-0.25, -0.2) is 9.59 Å². The zero-order valence-corrected chi connectivity index (χ0v) is 14.6. The van der Waals surface area contributed by atoms with Crippen molar-refractivity contribution in [3.05, 3.63) is 35.4 Å². The van der Waals surface area contributed by atoms with E-state index in [4.69, 9.17) is 9.68 Å². The monoisotopic (exact) mass is 336 g/mol. The fourth-order valence-corrected chi connectivity index (χ4v) is 1.99. The molecule has 0 saturated heterocycles. The molecule has 0 aromatic heterocycles. The predicted octanol–water partition coefficient (Wildman–Crippen LogP) is 3.39. The van der Waals surface area contributed by atoms with E-state index in [9.17, 15) is 9.59 Å². The molecule has 0 spiro atoms. The van der Waals surface area contributed by atoms with Crippen LogP contribution < -0.4 is 11.0 Å². The first-order valence-corrected chi connectivity index (χ1v) is 8.67. The molecule has 0 aliphatic rings. The first-order valence-electron chi connectivity index (χ1n) is 8.67. The molecule has 0 aliphatic heterocycles. The summed E-state index contributed by atoms with van der Waals surface area (Å²) in [6, 6.07) is 6.18. The summed E-state index contributed by atoms with van der Waals surface area (Å²) in [6.07, 6.45) is 6.32. The van der Waals surface area contributed by atoms with Crippen LogP contribution in [0.25, 0.3) is 0 Å². The smallest absolute Gasteiger partial charge is 0.356 e. The maximum atomic E-state index is 11.8. The van der Waals surface area contributed by atoms with Crippen LogP contribution >= 0.6 is 0 Å². The molecule has 2 N–H and O–H groups in total. The summed E-state index contributed by atoms with van der Waals surface area (Å²) in [4.78, 5) is 33.6. The minimum Gasteiger partial charge on any atom is -0.367 e. The first kappa shape index (κ1) is 20.1. The van der Waals surface area contributed by atoms with Gasteiger partial charge in [0.15, 0.2) is 0 Å². The van der Waals surface area contributed by atoms with Crippen molar-refractivity contribution in [3.8, 4) is 0 Å². The number of hydrogen-bond donors (Lipinski definition) is 2. The van der Waals surface area contributed by atoms with E-state index in [1.54, 1.807) is 24.3 Å². The largest absolute Gasteiger partial charge is 0.367 e. The molecule has 0 amide bonds. The normalized spacial score (nSPS) is 10.4. The minimum atomic E-state index is -0.468. The van der Waals surface area contributed by atoms with Gasteiger partial charge < -0.3 is 9.68 Å². The molecular formula is C18H28N2O4. The highest BCUT2D eigenvalue weighted by Gasteiger charge is 2.11. The highest BCUT2D eigenvalue weighted by molar-refractivity contribution is 5.93. The second-order valence-corrected chi connectivity index (χ2v) is 5.56. The molecule has 1 rings (SSSR count). The molecule has 0 saturated carbocycles. The van der Waals surface area contributed by atoms with Crippen LogP contribution in [0.15, 0.2) is 24.3 Å². The highest BCUT2D eigenvalue weighted by Crippen LogP contribution is 2.07. The Morgan fingerprint density at radius 1 is 0.750 bits per heavy atom. The minimum absolute atomic E-state index is 0.380. The van der Waals surface area contributed by atoms with Crippen molar-refractivity contribution in [2.75, 3.05) is 13.1 Å². The van der Waals surface area contributed by atoms with Crippen molar-refractivity contribution in [3.63, 3.8) is 0 Å². The third-order valence-corrected chi connectivity index (χ3v) is 3.45. The van der Waals surface area contributed by atoms with E-state index in [2.05, 4.69) is 24.8 Å². The molecule has 0 fully saturated rings. The van der Waals surface area contributed by atoms with Crippen molar-refractivity contribution < 1.29 is 19.3 Å². The van der Waals surface area contributed by atoms with Gasteiger partial charge >= 0.3 is 11.9 Å². The van der Waals surface area contributed by atoms with Crippen molar-refractivity contribution in [2.24, 2.45) is 0 Å². The summed E-state index contributed by atoms with van der Waals surface area (Å²) in [7, 11) is 0. The van der Waals surface area contributed by atoms with E-state index < -0.39 is 11.9 Å². The topological polar surface area (TPSA) is 76.7 Å². The van der Waals surface area contributed by atoms with E-state index in [0.717, 1.165) is 38.5 Å². The van der Waals surface area contributed by atoms with Gasteiger partial charge in [-0.15, -0.1) is 0 Å². The van der Waals surface area contributed by atoms with Gasteiger partial charge in [0.25, 0.3) is 0 Å². The van der Waals surface area contributed by atoms with Gasteiger partial charge in [0.2, 0.25) is 0 Å². The summed E-state index contributed by atoms with van der Waals surface area (Å²) in [5.41, 5.74) is 6.06. The summed E-state index contributed by atoms with van der Waals surface area (Å²) in [5, 5.41) is 0. The van der Waals surface area contributed by atoms with Crippen molar-refractivity contribution in [2.45, 2.75) is 52.4 Å². The van der Waals surface area contributed by atoms with Crippen LogP contribution in [-0.2, 0) is 9.68 Å². The summed E-state index contributed by atoms with van der Waals surface area (Å²) >= 11 is 0. The lowest BCUT2D eigenvalue weighted by atomic mass is 10.1. The van der Waals surface area contributed by atoms with E-state index in [-0.39, 0.29) is 0 Å². The van der Waals surface area contributed by atoms with Gasteiger partial charge in [-0.05, 0) is 37.1 Å². The van der Waals surface area contributed by atoms with Gasteiger partial charge in [0.05, 0.1) is 11.1 Å². The predicted molar refractivity (Wildman–Crippen MR) is 92.3 cm³/mol. The molecule has 0 heterocycles. The molecule has 6 heteroatoms. The molecule has 1 aromatic rings. The molecular weight excluding hydrogens is 308 g/mol. The number of nitrogens with one attached hydrogen (secondary N) is 2. The Kier molecular flexibility index (Phi) is 10.5. The van der Waals surface area contributed by atoms with Crippen LogP contribution in [-0.4, -0.2) is 25.0 Å². The number of benzene rings is 1. The average molecular weight is 336 g/mol. The fourth-order valence-electron chi connectivity index (χ4n) is 1.99. The summed E-state index contributed by atoms with van der Waals surface area (Å²) in [6.45, 7) is 5.49. The fraction of sp³-hybridized carbons (Fsp3) is 0.556. The van der Waals surface area contributed by atoms with Gasteiger partial charge in [-0.1, -0.05) is 39.5 Å². The standard InChI is InChI=1S/C18H28N2O4/c1-3-5-7-13-19-23-17(21)15-9-11-16(12-10-15)18(22)24-20-14-8-6-4-2/h9-12,19-20H,3-8,13-14H2,1-2H3. The van der Waals surface area contributed by atoms with Crippen molar-refractivity contribution >= 4 is 11.9 Å². The molecule has 134 valence electrons. The van der Waals surface area contributed by atoms with Crippen LogP contribution in [0, 0.1) is 0 Å². The van der Waals surface area contributed by atoms with E-state index in [1.807, 2.05) is 0 Å². The molecule has 0 bridgehead atoms. The zero-order valence-electron chi connectivity index (χ0n) is 14.6. The molecule has 0 aliphatic carbocycles. The number of hydrogen-bond acceptors (Lipinski definition) is 6. The second kappa shape index (κ2) is 12.5. The number of carbonyl (C=O) groups is 2. The summed E-state index contributed by atoms with van der Waals surface area (Å²) in [5.74, 6) is -0.937. The van der Waals surface area contributed by atoms with Crippen molar-refractivity contribution in [1.82, 2.24) is 11.0 Å². The lowest BCUT2D eigenvalue weighted by Gasteiger charge is -2.07. The van der Waals surface area contributed by atoms with Crippen molar-refractivity contribution in [1.29, 1.82) is 0 Å². The number of unbranched alkanes of at least 4 members (excludes halogenated alkanes) is 4. The quantitative estimate of drug-likeness (QED) is 0.450. The third-order valence-electron chi connectivity index (χ3n) is 3.45. The first-order chi connectivity index (χ1) is 11.7. The van der Waals surface area contributed by atoms with Gasteiger partial charge in [0, 0.05) is 13.1 Å². The number of hydroxylamine groups is 2. The Morgan fingerprint density at radius 2 is 1.12 bits per heavy atom. The average Bonchev–Trinajstić information content (AvgIpc) is 2.61.